The second-order valence-corrected chi connectivity index (χ2v) is 8.62. The maximum atomic E-state index is 12.7. The first-order valence-corrected chi connectivity index (χ1v) is 11.5. The number of hydrogen-bond acceptors (Lipinski definition) is 7. The highest BCUT2D eigenvalue weighted by molar-refractivity contribution is 7.17. The van der Waals surface area contributed by atoms with Crippen molar-refractivity contribution in [3.8, 4) is 6.07 Å². The van der Waals surface area contributed by atoms with E-state index in [0.717, 1.165) is 16.0 Å². The average Bonchev–Trinajstić information content (AvgIpc) is 3.15. The molecule has 7 nitrogen and oxygen atoms in total. The SMILES string of the molecule is CCOC(=O)CCC(=O)Nc1sc2c(c1C(=O)OCC)CC[C@@](C#N)(c1ccccc1)C2. The summed E-state index contributed by atoms with van der Waals surface area (Å²) in [7, 11) is 0. The van der Waals surface area contributed by atoms with E-state index in [0.29, 0.717) is 29.8 Å². The molecule has 0 bridgehead atoms. The minimum absolute atomic E-state index is 0.0367. The van der Waals surface area contributed by atoms with E-state index in [1.54, 1.807) is 13.8 Å². The van der Waals surface area contributed by atoms with Crippen molar-refractivity contribution in [2.75, 3.05) is 18.5 Å². The van der Waals surface area contributed by atoms with Crippen LogP contribution in [-0.4, -0.2) is 31.1 Å². The molecule has 168 valence electrons. The molecule has 0 fully saturated rings. The number of amides is 1. The fraction of sp³-hybridized carbons (Fsp3) is 0.417. The molecule has 8 heteroatoms. The fourth-order valence-corrected chi connectivity index (χ4v) is 5.29. The van der Waals surface area contributed by atoms with Crippen LogP contribution < -0.4 is 5.32 Å². The molecule has 1 atom stereocenters. The minimum Gasteiger partial charge on any atom is -0.466 e. The summed E-state index contributed by atoms with van der Waals surface area (Å²) in [6.45, 7) is 3.90. The summed E-state index contributed by atoms with van der Waals surface area (Å²) in [5, 5.41) is 13.2. The molecular weight excluding hydrogens is 428 g/mol. The van der Waals surface area contributed by atoms with E-state index in [1.807, 2.05) is 30.3 Å². The summed E-state index contributed by atoms with van der Waals surface area (Å²) in [6.07, 6.45) is 1.47. The zero-order valence-corrected chi connectivity index (χ0v) is 19.0. The van der Waals surface area contributed by atoms with Crippen molar-refractivity contribution in [2.45, 2.75) is 51.4 Å². The Labute approximate surface area is 191 Å². The van der Waals surface area contributed by atoms with Crippen molar-refractivity contribution in [3.05, 3.63) is 51.9 Å². The summed E-state index contributed by atoms with van der Waals surface area (Å²) in [5.41, 5.74) is 1.45. The molecule has 1 aliphatic carbocycles. The van der Waals surface area contributed by atoms with Crippen molar-refractivity contribution >= 4 is 34.2 Å². The van der Waals surface area contributed by atoms with Crippen LogP contribution in [0.25, 0.3) is 0 Å². The number of fused-ring (bicyclic) bond motifs is 1. The number of nitriles is 1. The quantitative estimate of drug-likeness (QED) is 0.601. The van der Waals surface area contributed by atoms with Crippen LogP contribution in [-0.2, 0) is 37.3 Å². The highest BCUT2D eigenvalue weighted by Crippen LogP contribution is 2.45. The summed E-state index contributed by atoms with van der Waals surface area (Å²) < 4.78 is 10.1. The van der Waals surface area contributed by atoms with Gasteiger partial charge in [-0.05, 0) is 37.8 Å². The number of nitrogens with zero attached hydrogens (tertiary/aromatic N) is 1. The molecule has 1 aromatic heterocycles. The largest absolute Gasteiger partial charge is 0.466 e. The second-order valence-electron chi connectivity index (χ2n) is 7.52. The fourth-order valence-electron chi connectivity index (χ4n) is 3.93. The molecule has 0 unspecified atom stereocenters. The molecule has 3 rings (SSSR count). The molecule has 0 saturated carbocycles. The Balaban J connectivity index is 1.89. The third-order valence-electron chi connectivity index (χ3n) is 5.49. The van der Waals surface area contributed by atoms with Crippen LogP contribution in [0.3, 0.4) is 0 Å². The zero-order chi connectivity index (χ0) is 23.1. The predicted octanol–water partition coefficient (Wildman–Crippen LogP) is 4.16. The Hall–Kier alpha value is -3.18. The van der Waals surface area contributed by atoms with Gasteiger partial charge >= 0.3 is 11.9 Å². The molecule has 32 heavy (non-hydrogen) atoms. The number of carbonyl (C=O) groups is 3. The van der Waals surface area contributed by atoms with Crippen molar-refractivity contribution in [1.82, 2.24) is 0 Å². The summed E-state index contributed by atoms with van der Waals surface area (Å²) in [4.78, 5) is 37.6. The molecule has 1 N–H and O–H groups in total. The topological polar surface area (TPSA) is 105 Å². The van der Waals surface area contributed by atoms with Crippen LogP contribution in [0.15, 0.2) is 30.3 Å². The molecule has 1 aromatic carbocycles. The number of ether oxygens (including phenoxy) is 2. The molecule has 0 spiro atoms. The van der Waals surface area contributed by atoms with E-state index in [9.17, 15) is 19.6 Å². The smallest absolute Gasteiger partial charge is 0.341 e. The van der Waals surface area contributed by atoms with Crippen LogP contribution in [0.1, 0.15) is 59.5 Å². The van der Waals surface area contributed by atoms with E-state index in [4.69, 9.17) is 9.47 Å². The van der Waals surface area contributed by atoms with Crippen LogP contribution in [0.2, 0.25) is 0 Å². The Morgan fingerprint density at radius 3 is 2.50 bits per heavy atom. The molecule has 0 radical (unpaired) electrons. The van der Waals surface area contributed by atoms with Crippen LogP contribution in [0.5, 0.6) is 0 Å². The van der Waals surface area contributed by atoms with Gasteiger partial charge < -0.3 is 14.8 Å². The maximum absolute atomic E-state index is 12.7. The average molecular weight is 455 g/mol. The zero-order valence-electron chi connectivity index (χ0n) is 18.2. The standard InChI is InChI=1S/C24H26N2O5S/c1-3-30-20(28)11-10-19(27)26-22-21(23(29)31-4-2)17-12-13-24(15-25,14-18(17)32-22)16-8-6-5-7-9-16/h5-9H,3-4,10-14H2,1-2H3,(H,26,27)/t24-/m1/s1. The van der Waals surface area contributed by atoms with Crippen molar-refractivity contribution < 1.29 is 23.9 Å². The molecule has 2 aromatic rings. The highest BCUT2D eigenvalue weighted by atomic mass is 32.1. The molecule has 0 aliphatic heterocycles. The minimum atomic E-state index is -0.684. The molecule has 0 saturated heterocycles. The monoisotopic (exact) mass is 454 g/mol. The van der Waals surface area contributed by atoms with Crippen LogP contribution in [0, 0.1) is 11.3 Å². The van der Waals surface area contributed by atoms with Crippen LogP contribution >= 0.6 is 11.3 Å². The van der Waals surface area contributed by atoms with E-state index in [1.165, 1.54) is 11.3 Å². The van der Waals surface area contributed by atoms with Crippen molar-refractivity contribution in [3.63, 3.8) is 0 Å². The summed E-state index contributed by atoms with van der Waals surface area (Å²) in [6, 6.07) is 12.1. The van der Waals surface area contributed by atoms with E-state index in [2.05, 4.69) is 11.4 Å². The maximum Gasteiger partial charge on any atom is 0.341 e. The molecule has 1 heterocycles. The number of nitrogens with one attached hydrogen (secondary N) is 1. The predicted molar refractivity (Wildman–Crippen MR) is 121 cm³/mol. The van der Waals surface area contributed by atoms with Gasteiger partial charge in [0.15, 0.2) is 0 Å². The van der Waals surface area contributed by atoms with Gasteiger partial charge in [-0.15, -0.1) is 11.3 Å². The summed E-state index contributed by atoms with van der Waals surface area (Å²) in [5.74, 6) is -1.31. The first-order valence-electron chi connectivity index (χ1n) is 10.7. The number of thiophene rings is 1. The van der Waals surface area contributed by atoms with E-state index < -0.39 is 17.4 Å². The third kappa shape index (κ3) is 5.00. The molecular formula is C24H26N2O5S. The Morgan fingerprint density at radius 1 is 1.12 bits per heavy atom. The van der Waals surface area contributed by atoms with Gasteiger partial charge in [0.1, 0.15) is 5.00 Å². The number of rotatable bonds is 8. The number of carbonyl (C=O) groups excluding carboxylic acids is 3. The van der Waals surface area contributed by atoms with E-state index >= 15 is 0 Å². The lowest BCUT2D eigenvalue weighted by Gasteiger charge is -2.31. The second kappa shape index (κ2) is 10.4. The normalized spacial score (nSPS) is 17.0. The lowest BCUT2D eigenvalue weighted by atomic mass is 9.70. The van der Waals surface area contributed by atoms with Gasteiger partial charge in [0, 0.05) is 17.7 Å². The lowest BCUT2D eigenvalue weighted by Crippen LogP contribution is -2.31. The number of esters is 2. The Morgan fingerprint density at radius 2 is 1.84 bits per heavy atom. The van der Waals surface area contributed by atoms with Gasteiger partial charge in [-0.25, -0.2) is 4.79 Å². The van der Waals surface area contributed by atoms with Crippen molar-refractivity contribution in [2.24, 2.45) is 0 Å². The summed E-state index contributed by atoms with van der Waals surface area (Å²) >= 11 is 1.30. The Kier molecular flexibility index (Phi) is 7.65. The highest BCUT2D eigenvalue weighted by Gasteiger charge is 2.40. The van der Waals surface area contributed by atoms with Gasteiger partial charge in [-0.2, -0.15) is 5.26 Å². The van der Waals surface area contributed by atoms with Crippen LogP contribution in [0.4, 0.5) is 5.00 Å². The number of benzene rings is 1. The number of anilines is 1. The molecule has 1 aliphatic rings. The first kappa shape index (κ1) is 23.5. The van der Waals surface area contributed by atoms with Gasteiger partial charge in [0.25, 0.3) is 0 Å². The molecule has 1 amide bonds. The number of hydrogen-bond donors (Lipinski definition) is 1. The van der Waals surface area contributed by atoms with Gasteiger partial charge in [0.05, 0.1) is 36.7 Å². The lowest BCUT2D eigenvalue weighted by molar-refractivity contribution is -0.144. The Bertz CT molecular complexity index is 1040. The van der Waals surface area contributed by atoms with Gasteiger partial charge in [-0.1, -0.05) is 30.3 Å². The third-order valence-corrected chi connectivity index (χ3v) is 6.64. The van der Waals surface area contributed by atoms with E-state index in [-0.39, 0.29) is 32.0 Å². The first-order chi connectivity index (χ1) is 15.4. The van der Waals surface area contributed by atoms with Gasteiger partial charge in [0.2, 0.25) is 5.91 Å². The van der Waals surface area contributed by atoms with Crippen molar-refractivity contribution in [1.29, 1.82) is 5.26 Å². The van der Waals surface area contributed by atoms with Gasteiger partial charge in [-0.3, -0.25) is 9.59 Å².